The Hall–Kier alpha value is -1.29. The topological polar surface area (TPSA) is 65.1 Å². The van der Waals surface area contributed by atoms with E-state index in [-0.39, 0.29) is 12.0 Å². The molecular weight excluding hydrogens is 252 g/mol. The van der Waals surface area contributed by atoms with Crippen LogP contribution in [0.1, 0.15) is 60.3 Å². The number of aryl methyl sites for hydroxylation is 2. The average Bonchev–Trinajstić information content (AvgIpc) is 2.75. The molecule has 1 aliphatic carbocycles. The number of hydrogen-bond donors (Lipinski definition) is 3. The third kappa shape index (κ3) is 3.85. The van der Waals surface area contributed by atoms with E-state index in [1.165, 1.54) is 6.42 Å². The number of nitrogens with one attached hydrogen (secondary N) is 2. The second-order valence-corrected chi connectivity index (χ2v) is 6.02. The monoisotopic (exact) mass is 278 g/mol. The van der Waals surface area contributed by atoms with Gasteiger partial charge in [-0.2, -0.15) is 0 Å². The third-order valence-electron chi connectivity index (χ3n) is 4.28. The number of carbonyl (C=O) groups is 1. The van der Waals surface area contributed by atoms with E-state index in [0.29, 0.717) is 18.2 Å². The van der Waals surface area contributed by atoms with Gasteiger partial charge in [0.2, 0.25) is 0 Å². The van der Waals surface area contributed by atoms with Gasteiger partial charge in [-0.3, -0.25) is 4.79 Å². The van der Waals surface area contributed by atoms with Crippen LogP contribution in [0.3, 0.4) is 0 Å². The van der Waals surface area contributed by atoms with Gasteiger partial charge in [-0.05, 0) is 57.1 Å². The van der Waals surface area contributed by atoms with E-state index < -0.39 is 0 Å². The highest BCUT2D eigenvalue weighted by Crippen LogP contribution is 2.27. The van der Waals surface area contributed by atoms with Crippen LogP contribution in [0, 0.1) is 19.8 Å². The molecule has 1 amide bonds. The molecular formula is C16H26N2O2. The maximum absolute atomic E-state index is 12.0. The standard InChI is InChI=1S/C16H26N2O2/c1-11-10-12(2)18-15(11)16(20)17-9-5-7-13-6-3-4-8-14(13)19/h10,13-14,18-19H,3-9H2,1-2H3,(H,17,20). The van der Waals surface area contributed by atoms with Crippen molar-refractivity contribution < 1.29 is 9.90 Å². The molecule has 3 N–H and O–H groups in total. The van der Waals surface area contributed by atoms with Crippen LogP contribution in [0.15, 0.2) is 6.07 Å². The Morgan fingerprint density at radius 2 is 2.15 bits per heavy atom. The van der Waals surface area contributed by atoms with Gasteiger partial charge in [0.15, 0.2) is 0 Å². The van der Waals surface area contributed by atoms with Gasteiger partial charge < -0.3 is 15.4 Å². The highest BCUT2D eigenvalue weighted by Gasteiger charge is 2.22. The smallest absolute Gasteiger partial charge is 0.267 e. The first kappa shape index (κ1) is 15.1. The number of aromatic amines is 1. The van der Waals surface area contributed by atoms with Crippen molar-refractivity contribution in [3.63, 3.8) is 0 Å². The molecule has 2 unspecified atom stereocenters. The Labute approximate surface area is 121 Å². The number of aliphatic hydroxyl groups is 1. The number of rotatable bonds is 5. The molecule has 112 valence electrons. The highest BCUT2D eigenvalue weighted by molar-refractivity contribution is 5.93. The van der Waals surface area contributed by atoms with E-state index >= 15 is 0 Å². The zero-order chi connectivity index (χ0) is 14.5. The highest BCUT2D eigenvalue weighted by atomic mass is 16.3. The molecule has 0 bridgehead atoms. The van der Waals surface area contributed by atoms with Crippen molar-refractivity contribution in [3.8, 4) is 0 Å². The van der Waals surface area contributed by atoms with Gasteiger partial charge in [0.1, 0.15) is 5.69 Å². The molecule has 0 saturated heterocycles. The van der Waals surface area contributed by atoms with Crippen LogP contribution in [0.25, 0.3) is 0 Å². The summed E-state index contributed by atoms with van der Waals surface area (Å²) in [5.41, 5.74) is 2.67. The third-order valence-corrected chi connectivity index (χ3v) is 4.28. The minimum Gasteiger partial charge on any atom is -0.393 e. The lowest BCUT2D eigenvalue weighted by atomic mass is 9.83. The lowest BCUT2D eigenvalue weighted by Gasteiger charge is -2.27. The summed E-state index contributed by atoms with van der Waals surface area (Å²) in [4.78, 5) is 15.1. The number of aliphatic hydroxyl groups excluding tert-OH is 1. The quantitative estimate of drug-likeness (QED) is 0.725. The van der Waals surface area contributed by atoms with Crippen molar-refractivity contribution in [2.75, 3.05) is 6.54 Å². The minimum atomic E-state index is -0.132. The summed E-state index contributed by atoms with van der Waals surface area (Å²) in [6.45, 7) is 4.57. The molecule has 4 nitrogen and oxygen atoms in total. The number of hydrogen-bond acceptors (Lipinski definition) is 2. The van der Waals surface area contributed by atoms with Crippen LogP contribution in [0.2, 0.25) is 0 Å². The molecule has 1 aromatic heterocycles. The van der Waals surface area contributed by atoms with Gasteiger partial charge in [-0.15, -0.1) is 0 Å². The van der Waals surface area contributed by atoms with Crippen LogP contribution in [-0.2, 0) is 0 Å². The maximum atomic E-state index is 12.0. The number of aromatic nitrogens is 1. The normalized spacial score (nSPS) is 22.8. The summed E-state index contributed by atoms with van der Waals surface area (Å²) in [5.74, 6) is 0.398. The molecule has 4 heteroatoms. The Kier molecular flexibility index (Phi) is 5.24. The fourth-order valence-corrected chi connectivity index (χ4v) is 3.14. The molecule has 0 aliphatic heterocycles. The van der Waals surface area contributed by atoms with Crippen LogP contribution in [0.5, 0.6) is 0 Å². The first-order valence-electron chi connectivity index (χ1n) is 7.70. The SMILES string of the molecule is Cc1cc(C)c(C(=O)NCCCC2CCCCC2O)[nH]1. The molecule has 20 heavy (non-hydrogen) atoms. The second kappa shape index (κ2) is 6.93. The van der Waals surface area contributed by atoms with Crippen LogP contribution >= 0.6 is 0 Å². The molecule has 0 radical (unpaired) electrons. The zero-order valence-corrected chi connectivity index (χ0v) is 12.5. The number of H-pyrrole nitrogens is 1. The van der Waals surface area contributed by atoms with E-state index in [1.807, 2.05) is 19.9 Å². The van der Waals surface area contributed by atoms with Crippen molar-refractivity contribution in [3.05, 3.63) is 23.0 Å². The number of carbonyl (C=O) groups excluding carboxylic acids is 1. The summed E-state index contributed by atoms with van der Waals surface area (Å²) < 4.78 is 0. The molecule has 0 aromatic carbocycles. The fraction of sp³-hybridized carbons (Fsp3) is 0.688. The van der Waals surface area contributed by atoms with Crippen molar-refractivity contribution in [2.45, 2.75) is 58.5 Å². The first-order chi connectivity index (χ1) is 9.58. The summed E-state index contributed by atoms with van der Waals surface area (Å²) >= 11 is 0. The predicted octanol–water partition coefficient (Wildman–Crippen LogP) is 2.69. The molecule has 1 aromatic rings. The van der Waals surface area contributed by atoms with Crippen molar-refractivity contribution >= 4 is 5.91 Å². The molecule has 2 atom stereocenters. The Bertz CT molecular complexity index is 453. The molecule has 1 fully saturated rings. The Morgan fingerprint density at radius 1 is 1.40 bits per heavy atom. The molecule has 1 aliphatic rings. The fourth-order valence-electron chi connectivity index (χ4n) is 3.14. The van der Waals surface area contributed by atoms with Gasteiger partial charge >= 0.3 is 0 Å². The van der Waals surface area contributed by atoms with Gasteiger partial charge in [0.05, 0.1) is 6.10 Å². The van der Waals surface area contributed by atoms with E-state index in [4.69, 9.17) is 0 Å². The molecule has 1 heterocycles. The van der Waals surface area contributed by atoms with Crippen molar-refractivity contribution in [2.24, 2.45) is 5.92 Å². The van der Waals surface area contributed by atoms with Crippen molar-refractivity contribution in [1.82, 2.24) is 10.3 Å². The van der Waals surface area contributed by atoms with E-state index in [0.717, 1.165) is 43.4 Å². The van der Waals surface area contributed by atoms with Gasteiger partial charge in [-0.25, -0.2) is 0 Å². The summed E-state index contributed by atoms with van der Waals surface area (Å²) in [6, 6.07) is 1.98. The maximum Gasteiger partial charge on any atom is 0.267 e. The summed E-state index contributed by atoms with van der Waals surface area (Å²) in [6.07, 6.45) is 6.26. The Morgan fingerprint density at radius 3 is 2.80 bits per heavy atom. The summed E-state index contributed by atoms with van der Waals surface area (Å²) in [7, 11) is 0. The van der Waals surface area contributed by atoms with Gasteiger partial charge in [-0.1, -0.05) is 12.8 Å². The molecule has 2 rings (SSSR count). The van der Waals surface area contributed by atoms with E-state index in [2.05, 4.69) is 10.3 Å². The average molecular weight is 278 g/mol. The molecule has 0 spiro atoms. The second-order valence-electron chi connectivity index (χ2n) is 6.02. The van der Waals surface area contributed by atoms with Crippen molar-refractivity contribution in [1.29, 1.82) is 0 Å². The van der Waals surface area contributed by atoms with Gasteiger partial charge in [0.25, 0.3) is 5.91 Å². The van der Waals surface area contributed by atoms with Crippen LogP contribution in [0.4, 0.5) is 0 Å². The first-order valence-corrected chi connectivity index (χ1v) is 7.70. The van der Waals surface area contributed by atoms with Crippen LogP contribution < -0.4 is 5.32 Å². The zero-order valence-electron chi connectivity index (χ0n) is 12.5. The lowest BCUT2D eigenvalue weighted by Crippen LogP contribution is -2.28. The van der Waals surface area contributed by atoms with Gasteiger partial charge in [0, 0.05) is 12.2 Å². The van der Waals surface area contributed by atoms with Crippen LogP contribution in [-0.4, -0.2) is 28.6 Å². The Balaban J connectivity index is 1.70. The van der Waals surface area contributed by atoms with E-state index in [1.54, 1.807) is 0 Å². The lowest BCUT2D eigenvalue weighted by molar-refractivity contribution is 0.0641. The largest absolute Gasteiger partial charge is 0.393 e. The summed E-state index contributed by atoms with van der Waals surface area (Å²) in [5, 5.41) is 12.9. The van der Waals surface area contributed by atoms with E-state index in [9.17, 15) is 9.90 Å². The molecule has 1 saturated carbocycles. The number of amides is 1. The minimum absolute atomic E-state index is 0.0280. The predicted molar refractivity (Wildman–Crippen MR) is 79.8 cm³/mol.